The Morgan fingerprint density at radius 3 is 1.93 bits per heavy atom. The Morgan fingerprint density at radius 2 is 1.34 bits per heavy atom. The summed E-state index contributed by atoms with van der Waals surface area (Å²) in [6, 6.07) is 14.6. The van der Waals surface area contributed by atoms with E-state index >= 15 is 0 Å². The van der Waals surface area contributed by atoms with E-state index in [1.165, 1.54) is 6.92 Å². The van der Waals surface area contributed by atoms with Gasteiger partial charge in [-0.15, -0.1) is 0 Å². The molecule has 7 heteroatoms. The van der Waals surface area contributed by atoms with E-state index < -0.39 is 0 Å². The molecule has 0 atom stereocenters. The van der Waals surface area contributed by atoms with E-state index in [1.54, 1.807) is 30.3 Å². The molecule has 0 spiro atoms. The average molecular weight is 389 g/mol. The minimum absolute atomic E-state index is 0.151. The van der Waals surface area contributed by atoms with Crippen LogP contribution in [-0.4, -0.2) is 21.8 Å². The quantitative estimate of drug-likeness (QED) is 0.603. The number of anilines is 4. The first-order chi connectivity index (χ1) is 13.8. The Bertz CT molecular complexity index is 1040. The van der Waals surface area contributed by atoms with Crippen LogP contribution in [0.5, 0.6) is 0 Å². The van der Waals surface area contributed by atoms with Crippen LogP contribution in [0.4, 0.5) is 23.0 Å². The van der Waals surface area contributed by atoms with E-state index in [-0.39, 0.29) is 17.5 Å². The van der Waals surface area contributed by atoms with E-state index in [2.05, 4.69) is 32.0 Å². The molecule has 1 heterocycles. The van der Waals surface area contributed by atoms with Gasteiger partial charge < -0.3 is 16.0 Å². The standard InChI is InChI=1S/C22H23N5O2/c1-13-9-14(2)11-19(10-13)26-22-23-15(3)12-20(27-22)21(29)25-18-7-5-17(6-8-18)24-16(4)28/h5-12H,1-4H3,(H,24,28)(H,25,29)(H,23,26,27). The van der Waals surface area contributed by atoms with Crippen LogP contribution in [0, 0.1) is 20.8 Å². The molecule has 0 radical (unpaired) electrons. The summed E-state index contributed by atoms with van der Waals surface area (Å²) in [5, 5.41) is 8.66. The molecule has 2 aromatic carbocycles. The number of rotatable bonds is 5. The molecule has 0 aliphatic carbocycles. The van der Waals surface area contributed by atoms with E-state index in [0.717, 1.165) is 16.8 Å². The number of aryl methyl sites for hydroxylation is 3. The Balaban J connectivity index is 1.76. The van der Waals surface area contributed by atoms with Gasteiger partial charge in [0, 0.05) is 29.7 Å². The third-order valence-corrected chi connectivity index (χ3v) is 4.03. The zero-order valence-electron chi connectivity index (χ0n) is 16.8. The lowest BCUT2D eigenvalue weighted by molar-refractivity contribution is -0.114. The summed E-state index contributed by atoms with van der Waals surface area (Å²) < 4.78 is 0. The molecule has 0 saturated heterocycles. The first-order valence-corrected chi connectivity index (χ1v) is 9.18. The summed E-state index contributed by atoms with van der Waals surface area (Å²) >= 11 is 0. The summed E-state index contributed by atoms with van der Waals surface area (Å²) in [5.41, 5.74) is 5.32. The fourth-order valence-corrected chi connectivity index (χ4v) is 2.95. The normalized spacial score (nSPS) is 10.3. The molecule has 0 bridgehead atoms. The van der Waals surface area contributed by atoms with Gasteiger partial charge in [0.2, 0.25) is 11.9 Å². The van der Waals surface area contributed by atoms with Crippen LogP contribution in [0.15, 0.2) is 48.5 Å². The summed E-state index contributed by atoms with van der Waals surface area (Å²) in [6.07, 6.45) is 0. The van der Waals surface area contributed by atoms with Gasteiger partial charge in [0.1, 0.15) is 5.69 Å². The molecule has 3 aromatic rings. The van der Waals surface area contributed by atoms with Crippen molar-refractivity contribution in [2.24, 2.45) is 0 Å². The lowest BCUT2D eigenvalue weighted by Gasteiger charge is -2.10. The maximum absolute atomic E-state index is 12.6. The van der Waals surface area contributed by atoms with Crippen molar-refractivity contribution in [2.75, 3.05) is 16.0 Å². The Labute approximate surface area is 169 Å². The molecular formula is C22H23N5O2. The van der Waals surface area contributed by atoms with Crippen molar-refractivity contribution in [1.29, 1.82) is 0 Å². The molecule has 2 amide bonds. The van der Waals surface area contributed by atoms with Gasteiger partial charge in [-0.25, -0.2) is 9.97 Å². The van der Waals surface area contributed by atoms with Crippen molar-refractivity contribution in [1.82, 2.24) is 9.97 Å². The van der Waals surface area contributed by atoms with Gasteiger partial charge >= 0.3 is 0 Å². The number of nitrogens with one attached hydrogen (secondary N) is 3. The van der Waals surface area contributed by atoms with Crippen LogP contribution in [-0.2, 0) is 4.79 Å². The summed E-state index contributed by atoms with van der Waals surface area (Å²) in [6.45, 7) is 7.29. The molecular weight excluding hydrogens is 366 g/mol. The molecule has 3 N–H and O–H groups in total. The number of hydrogen-bond acceptors (Lipinski definition) is 5. The third-order valence-electron chi connectivity index (χ3n) is 4.03. The van der Waals surface area contributed by atoms with Crippen molar-refractivity contribution in [3.05, 3.63) is 71.0 Å². The minimum Gasteiger partial charge on any atom is -0.326 e. The number of nitrogens with zero attached hydrogens (tertiary/aromatic N) is 2. The highest BCUT2D eigenvalue weighted by molar-refractivity contribution is 6.03. The second-order valence-corrected chi connectivity index (χ2v) is 6.93. The van der Waals surface area contributed by atoms with Crippen molar-refractivity contribution in [3.8, 4) is 0 Å². The van der Waals surface area contributed by atoms with Gasteiger partial charge in [-0.05, 0) is 74.4 Å². The zero-order valence-corrected chi connectivity index (χ0v) is 16.8. The second kappa shape index (κ2) is 8.52. The fourth-order valence-electron chi connectivity index (χ4n) is 2.95. The van der Waals surface area contributed by atoms with Crippen molar-refractivity contribution in [3.63, 3.8) is 0 Å². The van der Waals surface area contributed by atoms with Crippen LogP contribution in [0.2, 0.25) is 0 Å². The predicted molar refractivity (Wildman–Crippen MR) is 115 cm³/mol. The first-order valence-electron chi connectivity index (χ1n) is 9.18. The molecule has 29 heavy (non-hydrogen) atoms. The number of amides is 2. The van der Waals surface area contributed by atoms with E-state index in [9.17, 15) is 9.59 Å². The van der Waals surface area contributed by atoms with Crippen LogP contribution in [0.25, 0.3) is 0 Å². The molecule has 1 aromatic heterocycles. The van der Waals surface area contributed by atoms with Crippen molar-refractivity contribution in [2.45, 2.75) is 27.7 Å². The fraction of sp³-hybridized carbons (Fsp3) is 0.182. The maximum Gasteiger partial charge on any atom is 0.274 e. The highest BCUT2D eigenvalue weighted by atomic mass is 16.2. The topological polar surface area (TPSA) is 96.0 Å². The van der Waals surface area contributed by atoms with Gasteiger partial charge in [0.15, 0.2) is 0 Å². The SMILES string of the molecule is CC(=O)Nc1ccc(NC(=O)c2cc(C)nc(Nc3cc(C)cc(C)c3)n2)cc1. The maximum atomic E-state index is 12.6. The van der Waals surface area contributed by atoms with Gasteiger partial charge in [0.05, 0.1) is 0 Å². The number of carbonyl (C=O) groups is 2. The van der Waals surface area contributed by atoms with Crippen LogP contribution < -0.4 is 16.0 Å². The van der Waals surface area contributed by atoms with Gasteiger partial charge in [-0.3, -0.25) is 9.59 Å². The average Bonchev–Trinajstić information content (AvgIpc) is 2.61. The molecule has 3 rings (SSSR count). The zero-order chi connectivity index (χ0) is 21.0. The Kier molecular flexibility index (Phi) is 5.87. The minimum atomic E-state index is -0.341. The molecule has 0 saturated carbocycles. The largest absolute Gasteiger partial charge is 0.326 e. The predicted octanol–water partition coefficient (Wildman–Crippen LogP) is 4.36. The summed E-state index contributed by atoms with van der Waals surface area (Å²) in [7, 11) is 0. The first kappa shape index (κ1) is 20.0. The number of carbonyl (C=O) groups excluding carboxylic acids is 2. The number of aromatic nitrogens is 2. The van der Waals surface area contributed by atoms with Gasteiger partial charge in [0.25, 0.3) is 5.91 Å². The molecule has 0 fully saturated rings. The monoisotopic (exact) mass is 389 g/mol. The molecule has 148 valence electrons. The molecule has 7 nitrogen and oxygen atoms in total. The third kappa shape index (κ3) is 5.62. The summed E-state index contributed by atoms with van der Waals surface area (Å²) in [4.78, 5) is 32.5. The van der Waals surface area contributed by atoms with Crippen molar-refractivity contribution >= 4 is 34.8 Å². The molecule has 0 aliphatic rings. The van der Waals surface area contributed by atoms with Crippen LogP contribution >= 0.6 is 0 Å². The lowest BCUT2D eigenvalue weighted by Crippen LogP contribution is -2.15. The number of benzene rings is 2. The summed E-state index contributed by atoms with van der Waals surface area (Å²) in [5.74, 6) is -0.130. The van der Waals surface area contributed by atoms with Gasteiger partial charge in [-0.2, -0.15) is 0 Å². The Hall–Kier alpha value is -3.74. The molecule has 0 unspecified atom stereocenters. The highest BCUT2D eigenvalue weighted by Gasteiger charge is 2.12. The van der Waals surface area contributed by atoms with E-state index in [1.807, 2.05) is 32.9 Å². The smallest absolute Gasteiger partial charge is 0.274 e. The van der Waals surface area contributed by atoms with Crippen molar-refractivity contribution < 1.29 is 9.59 Å². The number of hydrogen-bond donors (Lipinski definition) is 3. The Morgan fingerprint density at radius 1 is 0.759 bits per heavy atom. The lowest BCUT2D eigenvalue weighted by atomic mass is 10.1. The van der Waals surface area contributed by atoms with E-state index in [0.29, 0.717) is 23.0 Å². The highest BCUT2D eigenvalue weighted by Crippen LogP contribution is 2.19. The second-order valence-electron chi connectivity index (χ2n) is 6.93. The van der Waals surface area contributed by atoms with E-state index in [4.69, 9.17) is 0 Å². The van der Waals surface area contributed by atoms with Gasteiger partial charge in [-0.1, -0.05) is 6.07 Å². The van der Waals surface area contributed by atoms with Crippen LogP contribution in [0.3, 0.4) is 0 Å². The van der Waals surface area contributed by atoms with Crippen LogP contribution in [0.1, 0.15) is 34.2 Å². The molecule has 0 aliphatic heterocycles.